The molecule has 0 saturated heterocycles. The molecule has 0 spiro atoms. The highest BCUT2D eigenvalue weighted by atomic mass is 35.5. The van der Waals surface area contributed by atoms with E-state index in [-0.39, 0.29) is 28.8 Å². The number of hydrogen-bond acceptors (Lipinski definition) is 2. The van der Waals surface area contributed by atoms with E-state index in [9.17, 15) is 14.0 Å². The van der Waals surface area contributed by atoms with E-state index in [0.29, 0.717) is 19.6 Å². The minimum absolute atomic E-state index is 0.00154. The van der Waals surface area contributed by atoms with Crippen LogP contribution in [-0.4, -0.2) is 29.8 Å². The Morgan fingerprint density at radius 1 is 0.935 bits per heavy atom. The van der Waals surface area contributed by atoms with Crippen molar-refractivity contribution in [1.29, 1.82) is 0 Å². The van der Waals surface area contributed by atoms with Crippen molar-refractivity contribution in [3.05, 3.63) is 64.4 Å². The van der Waals surface area contributed by atoms with Crippen molar-refractivity contribution in [2.75, 3.05) is 18.0 Å². The lowest BCUT2D eigenvalue weighted by molar-refractivity contribution is -0.131. The zero-order valence-electron chi connectivity index (χ0n) is 18.1. The smallest absolute Gasteiger partial charge is 0.227 e. The molecule has 2 aromatic rings. The number of nitrogens with zero attached hydrogens (tertiary/aromatic N) is 2. The first-order valence-electron chi connectivity index (χ1n) is 11.0. The van der Waals surface area contributed by atoms with Gasteiger partial charge in [-0.15, -0.1) is 0 Å². The third kappa shape index (κ3) is 6.30. The van der Waals surface area contributed by atoms with Gasteiger partial charge in [-0.3, -0.25) is 9.59 Å². The number of carbonyl (C=O) groups excluding carboxylic acids is 2. The quantitative estimate of drug-likeness (QED) is 0.591. The molecule has 0 aromatic heterocycles. The standard InChI is InChI=1S/C25H30ClFN2O2/c1-19(30)29-16-9-5-3-2-4-8-15-28(18-20-11-6-7-14-24(20)29)25(31)17-21-22(26)12-10-13-23(21)27/h6-7,10-14H,2-5,8-9,15-18H2,1H3. The van der Waals surface area contributed by atoms with Crippen LogP contribution in [0.25, 0.3) is 0 Å². The summed E-state index contributed by atoms with van der Waals surface area (Å²) in [6.45, 7) is 3.23. The molecule has 166 valence electrons. The van der Waals surface area contributed by atoms with Gasteiger partial charge in [-0.25, -0.2) is 4.39 Å². The summed E-state index contributed by atoms with van der Waals surface area (Å²) in [6.07, 6.45) is 6.13. The van der Waals surface area contributed by atoms with E-state index in [2.05, 4.69) is 0 Å². The van der Waals surface area contributed by atoms with Crippen LogP contribution >= 0.6 is 11.6 Å². The maximum absolute atomic E-state index is 14.3. The molecule has 1 heterocycles. The molecular weight excluding hydrogens is 415 g/mol. The molecule has 0 bridgehead atoms. The summed E-state index contributed by atoms with van der Waals surface area (Å²) in [5.41, 5.74) is 2.00. The first-order chi connectivity index (χ1) is 15.0. The Bertz CT molecular complexity index is 898. The van der Waals surface area contributed by atoms with Crippen LogP contribution < -0.4 is 4.90 Å². The summed E-state index contributed by atoms with van der Waals surface area (Å²) < 4.78 is 14.3. The molecule has 6 heteroatoms. The van der Waals surface area contributed by atoms with Gasteiger partial charge in [0.15, 0.2) is 0 Å². The zero-order valence-corrected chi connectivity index (χ0v) is 18.8. The number of fused-ring (bicyclic) bond motifs is 1. The Labute approximate surface area is 189 Å². The van der Waals surface area contributed by atoms with Crippen molar-refractivity contribution in [1.82, 2.24) is 4.90 Å². The lowest BCUT2D eigenvalue weighted by Gasteiger charge is -2.28. The molecule has 0 atom stereocenters. The van der Waals surface area contributed by atoms with E-state index >= 15 is 0 Å². The Hall–Kier alpha value is -2.40. The third-order valence-electron chi connectivity index (χ3n) is 5.83. The molecule has 31 heavy (non-hydrogen) atoms. The van der Waals surface area contributed by atoms with Crippen molar-refractivity contribution in [3.63, 3.8) is 0 Å². The normalized spacial score (nSPS) is 16.0. The van der Waals surface area contributed by atoms with Crippen LogP contribution in [0, 0.1) is 5.82 Å². The fourth-order valence-corrected chi connectivity index (χ4v) is 4.33. The third-order valence-corrected chi connectivity index (χ3v) is 6.18. The highest BCUT2D eigenvalue weighted by Crippen LogP contribution is 2.26. The molecule has 0 saturated carbocycles. The van der Waals surface area contributed by atoms with Gasteiger partial charge in [-0.05, 0) is 36.6 Å². The number of halogens is 2. The number of hydrogen-bond donors (Lipinski definition) is 0. The minimum Gasteiger partial charge on any atom is -0.338 e. The summed E-state index contributed by atoms with van der Waals surface area (Å²) in [5, 5.41) is 0.266. The maximum Gasteiger partial charge on any atom is 0.227 e. The Kier molecular flexibility index (Phi) is 8.47. The van der Waals surface area contributed by atoms with Crippen LogP contribution in [0.4, 0.5) is 10.1 Å². The van der Waals surface area contributed by atoms with Gasteiger partial charge in [-0.2, -0.15) is 0 Å². The van der Waals surface area contributed by atoms with Crippen LogP contribution in [0.5, 0.6) is 0 Å². The molecule has 1 aliphatic rings. The van der Waals surface area contributed by atoms with Gasteiger partial charge in [0.1, 0.15) is 5.82 Å². The van der Waals surface area contributed by atoms with Crippen LogP contribution in [0.2, 0.25) is 5.02 Å². The zero-order chi connectivity index (χ0) is 22.2. The molecule has 2 amide bonds. The summed E-state index contributed by atoms with van der Waals surface area (Å²) in [6, 6.07) is 12.2. The molecule has 0 aliphatic carbocycles. The summed E-state index contributed by atoms with van der Waals surface area (Å²) in [7, 11) is 0. The van der Waals surface area contributed by atoms with E-state index in [1.807, 2.05) is 29.2 Å². The van der Waals surface area contributed by atoms with E-state index in [1.165, 1.54) is 12.1 Å². The first-order valence-corrected chi connectivity index (χ1v) is 11.4. The number of carbonyl (C=O) groups is 2. The van der Waals surface area contributed by atoms with Crippen LogP contribution in [0.15, 0.2) is 42.5 Å². The van der Waals surface area contributed by atoms with Crippen LogP contribution in [0.3, 0.4) is 0 Å². The van der Waals surface area contributed by atoms with Crippen LogP contribution in [0.1, 0.15) is 56.6 Å². The first kappa shape index (κ1) is 23.3. The summed E-state index contributed by atoms with van der Waals surface area (Å²) in [4.78, 5) is 29.2. The van der Waals surface area contributed by atoms with E-state index < -0.39 is 5.82 Å². The molecule has 3 rings (SSSR count). The van der Waals surface area contributed by atoms with E-state index in [0.717, 1.165) is 49.8 Å². The van der Waals surface area contributed by atoms with Crippen molar-refractivity contribution >= 4 is 29.1 Å². The molecule has 1 aliphatic heterocycles. The molecule has 2 aromatic carbocycles. The van der Waals surface area contributed by atoms with E-state index in [4.69, 9.17) is 11.6 Å². The largest absolute Gasteiger partial charge is 0.338 e. The molecule has 0 unspecified atom stereocenters. The highest BCUT2D eigenvalue weighted by Gasteiger charge is 2.21. The second-order valence-corrected chi connectivity index (χ2v) is 8.52. The fraction of sp³-hybridized carbons (Fsp3) is 0.440. The van der Waals surface area contributed by atoms with Gasteiger partial charge >= 0.3 is 0 Å². The molecule has 0 fully saturated rings. The highest BCUT2D eigenvalue weighted by molar-refractivity contribution is 6.31. The summed E-state index contributed by atoms with van der Waals surface area (Å²) >= 11 is 6.16. The molecular formula is C25H30ClFN2O2. The number of anilines is 1. The molecule has 0 radical (unpaired) electrons. The topological polar surface area (TPSA) is 40.6 Å². The van der Waals surface area contributed by atoms with Gasteiger partial charge in [0.2, 0.25) is 11.8 Å². The van der Waals surface area contributed by atoms with Gasteiger partial charge in [0.25, 0.3) is 0 Å². The number of para-hydroxylation sites is 1. The lowest BCUT2D eigenvalue weighted by atomic mass is 10.1. The Morgan fingerprint density at radius 3 is 2.32 bits per heavy atom. The van der Waals surface area contributed by atoms with Crippen molar-refractivity contribution in [3.8, 4) is 0 Å². The maximum atomic E-state index is 14.3. The van der Waals surface area contributed by atoms with E-state index in [1.54, 1.807) is 17.9 Å². The fourth-order valence-electron chi connectivity index (χ4n) is 4.10. The second-order valence-electron chi connectivity index (χ2n) is 8.11. The second kappa shape index (κ2) is 11.3. The predicted octanol–water partition coefficient (Wildman–Crippen LogP) is 5.76. The van der Waals surface area contributed by atoms with Crippen molar-refractivity contribution in [2.24, 2.45) is 0 Å². The van der Waals surface area contributed by atoms with Crippen molar-refractivity contribution in [2.45, 2.75) is 58.4 Å². The lowest BCUT2D eigenvalue weighted by Crippen LogP contribution is -2.35. The average Bonchev–Trinajstić information content (AvgIpc) is 2.76. The van der Waals surface area contributed by atoms with Crippen LogP contribution in [-0.2, 0) is 22.6 Å². The molecule has 0 N–H and O–H groups in total. The monoisotopic (exact) mass is 444 g/mol. The van der Waals surface area contributed by atoms with Gasteiger partial charge in [0.05, 0.1) is 6.42 Å². The Balaban J connectivity index is 1.89. The number of rotatable bonds is 2. The number of amides is 2. The minimum atomic E-state index is -0.463. The Morgan fingerprint density at radius 2 is 1.61 bits per heavy atom. The van der Waals surface area contributed by atoms with Gasteiger partial charge in [0, 0.05) is 42.8 Å². The van der Waals surface area contributed by atoms with Crippen molar-refractivity contribution < 1.29 is 14.0 Å². The SMILES string of the molecule is CC(=O)N1CCCCCCCCN(C(=O)Cc2c(F)cccc2Cl)Cc2ccccc21. The molecule has 4 nitrogen and oxygen atoms in total. The van der Waals surface area contributed by atoms with Gasteiger partial charge < -0.3 is 9.80 Å². The predicted molar refractivity (Wildman–Crippen MR) is 123 cm³/mol. The van der Waals surface area contributed by atoms with Gasteiger partial charge in [-0.1, -0.05) is 61.5 Å². The average molecular weight is 445 g/mol. The summed E-state index contributed by atoms with van der Waals surface area (Å²) in [5.74, 6) is -0.626. The number of benzene rings is 2.